The molecule has 1 fully saturated rings. The molecular formula is C22H21F3N4O4S. The standard InChI is InChI=1S/C20H20N4O2S.C2HF3O2/c1-23-10-15(9-22-23)14-5-6-19-17(8-14)18-12-24(13-20(18)27(19,25)26)11-16-4-2-3-7-21-16;3-2(4,5)1(6)7/h2-10,18,20H,11-13H2,1H3;(H,6,7). The van der Waals surface area contributed by atoms with Crippen LogP contribution in [0.3, 0.4) is 0 Å². The number of aromatic nitrogens is 3. The van der Waals surface area contributed by atoms with Gasteiger partial charge in [0.25, 0.3) is 0 Å². The monoisotopic (exact) mass is 494 g/mol. The van der Waals surface area contributed by atoms with E-state index in [2.05, 4.69) is 15.0 Å². The molecule has 12 heteroatoms. The Labute approximate surface area is 193 Å². The van der Waals surface area contributed by atoms with Gasteiger partial charge in [-0.2, -0.15) is 18.3 Å². The number of hydrogen-bond acceptors (Lipinski definition) is 6. The van der Waals surface area contributed by atoms with Gasteiger partial charge in [-0.3, -0.25) is 14.6 Å². The van der Waals surface area contributed by atoms with E-state index in [1.54, 1.807) is 16.9 Å². The molecule has 1 aromatic carbocycles. The van der Waals surface area contributed by atoms with Crippen LogP contribution in [-0.4, -0.2) is 63.7 Å². The smallest absolute Gasteiger partial charge is 0.475 e. The van der Waals surface area contributed by atoms with Crippen molar-refractivity contribution < 1.29 is 31.5 Å². The van der Waals surface area contributed by atoms with E-state index in [1.807, 2.05) is 49.8 Å². The first-order chi connectivity index (χ1) is 16.0. The number of fused-ring (bicyclic) bond motifs is 3. The zero-order valence-corrected chi connectivity index (χ0v) is 18.8. The van der Waals surface area contributed by atoms with E-state index in [0.717, 1.165) is 28.9 Å². The van der Waals surface area contributed by atoms with Crippen LogP contribution in [0.2, 0.25) is 0 Å². The average Bonchev–Trinajstić information content (AvgIpc) is 3.45. The van der Waals surface area contributed by atoms with Gasteiger partial charge in [0.05, 0.1) is 22.0 Å². The number of benzene rings is 1. The maximum atomic E-state index is 13.1. The maximum Gasteiger partial charge on any atom is 0.490 e. The molecule has 0 radical (unpaired) electrons. The topological polar surface area (TPSA) is 105 Å². The number of sulfone groups is 1. The normalized spacial score (nSPS) is 20.8. The van der Waals surface area contributed by atoms with Crippen molar-refractivity contribution in [1.29, 1.82) is 0 Å². The van der Waals surface area contributed by atoms with E-state index < -0.39 is 22.0 Å². The first-order valence-electron chi connectivity index (χ1n) is 10.3. The second-order valence-electron chi connectivity index (χ2n) is 8.16. The molecular weight excluding hydrogens is 473 g/mol. The van der Waals surface area contributed by atoms with Gasteiger partial charge < -0.3 is 5.11 Å². The molecule has 0 saturated carbocycles. The third kappa shape index (κ3) is 4.68. The summed E-state index contributed by atoms with van der Waals surface area (Å²) in [5.41, 5.74) is 3.94. The van der Waals surface area contributed by atoms with Gasteiger partial charge in [-0.15, -0.1) is 0 Å². The minimum atomic E-state index is -5.08. The van der Waals surface area contributed by atoms with Gasteiger partial charge in [-0.05, 0) is 35.4 Å². The molecule has 0 spiro atoms. The van der Waals surface area contributed by atoms with Crippen molar-refractivity contribution in [2.75, 3.05) is 13.1 Å². The summed E-state index contributed by atoms with van der Waals surface area (Å²) in [5, 5.41) is 11.0. The number of carboxylic acid groups (broad SMARTS) is 1. The van der Waals surface area contributed by atoms with Gasteiger partial charge in [0.15, 0.2) is 9.84 Å². The fourth-order valence-corrected chi connectivity index (χ4v) is 6.52. The van der Waals surface area contributed by atoms with Crippen molar-refractivity contribution in [3.63, 3.8) is 0 Å². The number of hydrogen-bond donors (Lipinski definition) is 1. The summed E-state index contributed by atoms with van der Waals surface area (Å²) in [4.78, 5) is 16.0. The molecule has 2 unspecified atom stereocenters. The number of nitrogens with zero attached hydrogens (tertiary/aromatic N) is 4. The van der Waals surface area contributed by atoms with Crippen molar-refractivity contribution >= 4 is 15.8 Å². The summed E-state index contributed by atoms with van der Waals surface area (Å²) in [6.45, 7) is 1.98. The number of pyridine rings is 1. The van der Waals surface area contributed by atoms with Crippen molar-refractivity contribution in [1.82, 2.24) is 19.7 Å². The molecule has 3 aromatic rings. The zero-order valence-electron chi connectivity index (χ0n) is 18.0. The highest BCUT2D eigenvalue weighted by Gasteiger charge is 2.50. The van der Waals surface area contributed by atoms with Crippen LogP contribution in [0.1, 0.15) is 17.2 Å². The van der Waals surface area contributed by atoms with Crippen LogP contribution in [0.4, 0.5) is 13.2 Å². The molecule has 180 valence electrons. The summed E-state index contributed by atoms with van der Waals surface area (Å²) < 4.78 is 59.6. The van der Waals surface area contributed by atoms with Gasteiger partial charge in [0.1, 0.15) is 0 Å². The van der Waals surface area contributed by atoms with Crippen LogP contribution in [0.5, 0.6) is 0 Å². The quantitative estimate of drug-likeness (QED) is 0.597. The molecule has 1 saturated heterocycles. The van der Waals surface area contributed by atoms with Crippen LogP contribution < -0.4 is 0 Å². The molecule has 0 amide bonds. The van der Waals surface area contributed by atoms with Gasteiger partial charge in [0.2, 0.25) is 0 Å². The minimum absolute atomic E-state index is 0.0188. The van der Waals surface area contributed by atoms with Crippen molar-refractivity contribution in [3.8, 4) is 11.1 Å². The lowest BCUT2D eigenvalue weighted by molar-refractivity contribution is -0.192. The molecule has 0 aliphatic carbocycles. The summed E-state index contributed by atoms with van der Waals surface area (Å²) in [5.74, 6) is -2.74. The van der Waals surface area contributed by atoms with E-state index >= 15 is 0 Å². The minimum Gasteiger partial charge on any atom is -0.475 e. The molecule has 2 aliphatic heterocycles. The molecule has 4 heterocycles. The fourth-order valence-electron chi connectivity index (χ4n) is 4.33. The van der Waals surface area contributed by atoms with E-state index in [4.69, 9.17) is 9.90 Å². The van der Waals surface area contributed by atoms with Crippen molar-refractivity contribution in [2.24, 2.45) is 7.05 Å². The largest absolute Gasteiger partial charge is 0.490 e. The zero-order chi connectivity index (χ0) is 24.7. The van der Waals surface area contributed by atoms with Crippen LogP contribution in [-0.2, 0) is 28.2 Å². The highest BCUT2D eigenvalue weighted by Crippen LogP contribution is 2.46. The predicted molar refractivity (Wildman–Crippen MR) is 116 cm³/mol. The predicted octanol–water partition coefficient (Wildman–Crippen LogP) is 2.87. The van der Waals surface area contributed by atoms with Crippen molar-refractivity contribution in [3.05, 3.63) is 66.2 Å². The number of halogens is 3. The number of carboxylic acids is 1. The summed E-state index contributed by atoms with van der Waals surface area (Å²) in [6, 6.07) is 11.5. The lowest BCUT2D eigenvalue weighted by atomic mass is 9.95. The van der Waals surface area contributed by atoms with Crippen LogP contribution in [0, 0.1) is 0 Å². The number of likely N-dealkylation sites (tertiary alicyclic amines) is 1. The van der Waals surface area contributed by atoms with E-state index in [0.29, 0.717) is 18.0 Å². The molecule has 1 N–H and O–H groups in total. The molecule has 34 heavy (non-hydrogen) atoms. The molecule has 0 bridgehead atoms. The number of aryl methyl sites for hydroxylation is 1. The van der Waals surface area contributed by atoms with Crippen LogP contribution in [0.25, 0.3) is 11.1 Å². The Morgan fingerprint density at radius 3 is 2.50 bits per heavy atom. The maximum absolute atomic E-state index is 13.1. The van der Waals surface area contributed by atoms with Crippen LogP contribution in [0.15, 0.2) is 59.9 Å². The van der Waals surface area contributed by atoms with E-state index in [1.165, 1.54) is 0 Å². The highest BCUT2D eigenvalue weighted by atomic mass is 32.2. The summed E-state index contributed by atoms with van der Waals surface area (Å²) in [7, 11) is -1.41. The third-order valence-electron chi connectivity index (χ3n) is 5.85. The van der Waals surface area contributed by atoms with Gasteiger partial charge >= 0.3 is 12.1 Å². The Kier molecular flexibility index (Phi) is 6.21. The fraction of sp³-hybridized carbons (Fsp3) is 0.318. The average molecular weight is 494 g/mol. The molecule has 5 rings (SSSR count). The number of rotatable bonds is 3. The third-order valence-corrected chi connectivity index (χ3v) is 8.11. The lowest BCUT2D eigenvalue weighted by Gasteiger charge is -2.17. The number of aliphatic carboxylic acids is 1. The molecule has 2 atom stereocenters. The summed E-state index contributed by atoms with van der Waals surface area (Å²) >= 11 is 0. The molecule has 8 nitrogen and oxygen atoms in total. The Morgan fingerprint density at radius 1 is 1.18 bits per heavy atom. The van der Waals surface area contributed by atoms with Gasteiger partial charge in [-0.25, -0.2) is 13.2 Å². The first-order valence-corrected chi connectivity index (χ1v) is 11.8. The molecule has 2 aromatic heterocycles. The van der Waals surface area contributed by atoms with Crippen LogP contribution >= 0.6 is 0 Å². The van der Waals surface area contributed by atoms with Gasteiger partial charge in [-0.1, -0.05) is 12.1 Å². The molecule has 2 aliphatic rings. The number of carbonyl (C=O) groups is 1. The van der Waals surface area contributed by atoms with E-state index in [9.17, 15) is 21.6 Å². The number of alkyl halides is 3. The second-order valence-corrected chi connectivity index (χ2v) is 10.3. The Bertz CT molecular complexity index is 1310. The lowest BCUT2D eigenvalue weighted by Crippen LogP contribution is -2.26. The van der Waals surface area contributed by atoms with E-state index in [-0.39, 0.29) is 11.2 Å². The van der Waals surface area contributed by atoms with Gasteiger partial charge in [0, 0.05) is 50.6 Å². The summed E-state index contributed by atoms with van der Waals surface area (Å²) in [6.07, 6.45) is 0.452. The SMILES string of the molecule is Cn1cc(-c2ccc3c(c2)C2CN(Cc4ccccn4)CC2S3(=O)=O)cn1.O=C(O)C(F)(F)F. The first kappa shape index (κ1) is 23.9. The van der Waals surface area contributed by atoms with Crippen molar-refractivity contribution in [2.45, 2.75) is 28.8 Å². The Balaban J connectivity index is 0.000000344. The Hall–Kier alpha value is -3.25. The highest BCUT2D eigenvalue weighted by molar-refractivity contribution is 7.92. The Morgan fingerprint density at radius 2 is 1.91 bits per heavy atom. The second kappa shape index (κ2) is 8.84.